The van der Waals surface area contributed by atoms with Crippen LogP contribution in [0.5, 0.6) is 0 Å². The molecule has 1 aliphatic rings. The van der Waals surface area contributed by atoms with Crippen LogP contribution in [0.15, 0.2) is 48.7 Å². The van der Waals surface area contributed by atoms with Gasteiger partial charge in [-0.1, -0.05) is 36.4 Å². The van der Waals surface area contributed by atoms with Crippen molar-refractivity contribution >= 4 is 0 Å². The fourth-order valence-corrected chi connectivity index (χ4v) is 2.88. The maximum atomic E-state index is 4.51. The molecule has 0 spiro atoms. The molecule has 2 aromatic rings. The first kappa shape index (κ1) is 12.4. The van der Waals surface area contributed by atoms with Crippen LogP contribution in [0.2, 0.25) is 0 Å². The van der Waals surface area contributed by atoms with Crippen molar-refractivity contribution in [3.63, 3.8) is 0 Å². The Hall–Kier alpha value is -1.67. The molecule has 3 rings (SSSR count). The summed E-state index contributed by atoms with van der Waals surface area (Å²) in [6, 6.07) is 15.8. The Labute approximate surface area is 114 Å². The highest BCUT2D eigenvalue weighted by atomic mass is 14.9. The van der Waals surface area contributed by atoms with Crippen molar-refractivity contribution in [1.82, 2.24) is 10.3 Å². The zero-order chi connectivity index (χ0) is 13.1. The first-order chi connectivity index (χ1) is 9.33. The van der Waals surface area contributed by atoms with Crippen molar-refractivity contribution in [2.45, 2.75) is 38.3 Å². The molecule has 1 heterocycles. The van der Waals surface area contributed by atoms with Gasteiger partial charge in [-0.25, -0.2) is 0 Å². The van der Waals surface area contributed by atoms with E-state index in [2.05, 4.69) is 53.6 Å². The van der Waals surface area contributed by atoms with Gasteiger partial charge < -0.3 is 5.32 Å². The van der Waals surface area contributed by atoms with E-state index in [0.717, 1.165) is 12.8 Å². The van der Waals surface area contributed by atoms with Gasteiger partial charge in [0.25, 0.3) is 0 Å². The van der Waals surface area contributed by atoms with E-state index in [0.29, 0.717) is 12.1 Å². The molecule has 0 saturated heterocycles. The molecule has 2 atom stereocenters. The zero-order valence-electron chi connectivity index (χ0n) is 11.3. The van der Waals surface area contributed by atoms with E-state index in [1.54, 1.807) is 0 Å². The molecule has 1 aliphatic carbocycles. The van der Waals surface area contributed by atoms with Crippen molar-refractivity contribution in [1.29, 1.82) is 0 Å². The van der Waals surface area contributed by atoms with Crippen LogP contribution in [0.4, 0.5) is 0 Å². The molecule has 0 amide bonds. The Kier molecular flexibility index (Phi) is 3.60. The first-order valence-corrected chi connectivity index (χ1v) is 7.06. The van der Waals surface area contributed by atoms with Gasteiger partial charge in [-0.15, -0.1) is 0 Å². The zero-order valence-corrected chi connectivity index (χ0v) is 11.3. The van der Waals surface area contributed by atoms with Gasteiger partial charge in [-0.3, -0.25) is 4.98 Å². The number of nitrogens with one attached hydrogen (secondary N) is 1. The third kappa shape index (κ3) is 2.85. The van der Waals surface area contributed by atoms with Gasteiger partial charge in [0.15, 0.2) is 0 Å². The molecule has 98 valence electrons. The quantitative estimate of drug-likeness (QED) is 0.906. The molecule has 2 unspecified atom stereocenters. The average molecular weight is 252 g/mol. The van der Waals surface area contributed by atoms with E-state index in [-0.39, 0.29) is 0 Å². The summed E-state index contributed by atoms with van der Waals surface area (Å²) in [5.74, 6) is 0. The minimum Gasteiger partial charge on any atom is -0.307 e. The van der Waals surface area contributed by atoms with E-state index in [9.17, 15) is 0 Å². The number of hydrogen-bond donors (Lipinski definition) is 1. The smallest absolute Gasteiger partial charge is 0.0451 e. The summed E-state index contributed by atoms with van der Waals surface area (Å²) >= 11 is 0. The topological polar surface area (TPSA) is 24.9 Å². The van der Waals surface area contributed by atoms with Crippen molar-refractivity contribution < 1.29 is 0 Å². The third-order valence-electron chi connectivity index (χ3n) is 3.97. The second-order valence-corrected chi connectivity index (χ2v) is 5.35. The number of aromatic nitrogens is 1. The largest absolute Gasteiger partial charge is 0.307 e. The van der Waals surface area contributed by atoms with Gasteiger partial charge in [-0.05, 0) is 37.0 Å². The lowest BCUT2D eigenvalue weighted by molar-refractivity contribution is 0.409. The van der Waals surface area contributed by atoms with Gasteiger partial charge in [0.05, 0.1) is 0 Å². The maximum Gasteiger partial charge on any atom is 0.0451 e. The molecule has 19 heavy (non-hydrogen) atoms. The van der Waals surface area contributed by atoms with E-state index < -0.39 is 0 Å². The standard InChI is InChI=1S/C17H20N2/c1-13(14-6-3-2-4-7-14)19-16-10-9-15-8-5-11-18-17(15)12-16/h2-8,11,13,16,19H,9-10,12H2,1H3. The number of hydrogen-bond acceptors (Lipinski definition) is 2. The van der Waals surface area contributed by atoms with Crippen molar-refractivity contribution in [3.05, 3.63) is 65.5 Å². The summed E-state index contributed by atoms with van der Waals surface area (Å²) < 4.78 is 0. The summed E-state index contributed by atoms with van der Waals surface area (Å²) in [7, 11) is 0. The number of pyridine rings is 1. The molecule has 1 N–H and O–H groups in total. The van der Waals surface area contributed by atoms with Gasteiger partial charge in [0, 0.05) is 30.4 Å². The van der Waals surface area contributed by atoms with E-state index in [4.69, 9.17) is 0 Å². The van der Waals surface area contributed by atoms with Crippen molar-refractivity contribution in [2.75, 3.05) is 0 Å². The maximum absolute atomic E-state index is 4.51. The Bertz CT molecular complexity index is 536. The third-order valence-corrected chi connectivity index (χ3v) is 3.97. The highest BCUT2D eigenvalue weighted by Crippen LogP contribution is 2.21. The van der Waals surface area contributed by atoms with Crippen LogP contribution in [-0.2, 0) is 12.8 Å². The number of rotatable bonds is 3. The summed E-state index contributed by atoms with van der Waals surface area (Å²) in [6.45, 7) is 2.24. The first-order valence-electron chi connectivity index (χ1n) is 7.06. The Balaban J connectivity index is 1.66. The lowest BCUT2D eigenvalue weighted by Crippen LogP contribution is -2.36. The van der Waals surface area contributed by atoms with Crippen LogP contribution in [-0.4, -0.2) is 11.0 Å². The molecular formula is C17H20N2. The molecule has 2 heteroatoms. The average Bonchev–Trinajstić information content (AvgIpc) is 2.48. The van der Waals surface area contributed by atoms with Crippen LogP contribution in [0, 0.1) is 0 Å². The number of nitrogens with zero attached hydrogens (tertiary/aromatic N) is 1. The van der Waals surface area contributed by atoms with Gasteiger partial charge in [0.2, 0.25) is 0 Å². The summed E-state index contributed by atoms with van der Waals surface area (Å²) in [5, 5.41) is 3.74. The second-order valence-electron chi connectivity index (χ2n) is 5.35. The van der Waals surface area contributed by atoms with Crippen LogP contribution >= 0.6 is 0 Å². The Morgan fingerprint density at radius 3 is 2.84 bits per heavy atom. The van der Waals surface area contributed by atoms with Crippen LogP contribution in [0.3, 0.4) is 0 Å². The van der Waals surface area contributed by atoms with Crippen LogP contribution in [0.25, 0.3) is 0 Å². The SMILES string of the molecule is CC(NC1CCc2cccnc2C1)c1ccccc1. The molecule has 1 aromatic heterocycles. The predicted molar refractivity (Wildman–Crippen MR) is 78.0 cm³/mol. The summed E-state index contributed by atoms with van der Waals surface area (Å²) in [4.78, 5) is 4.51. The molecule has 0 aliphatic heterocycles. The molecule has 0 bridgehead atoms. The van der Waals surface area contributed by atoms with Crippen molar-refractivity contribution in [3.8, 4) is 0 Å². The molecule has 0 saturated carbocycles. The minimum atomic E-state index is 0.400. The Morgan fingerprint density at radius 2 is 2.00 bits per heavy atom. The molecule has 2 nitrogen and oxygen atoms in total. The van der Waals surface area contributed by atoms with Crippen LogP contribution in [0.1, 0.15) is 36.2 Å². The fraction of sp³-hybridized carbons (Fsp3) is 0.353. The normalized spacial score (nSPS) is 19.7. The van der Waals surface area contributed by atoms with E-state index in [1.165, 1.54) is 23.2 Å². The van der Waals surface area contributed by atoms with E-state index in [1.807, 2.05) is 12.3 Å². The predicted octanol–water partition coefficient (Wildman–Crippen LogP) is 3.29. The molecular weight excluding hydrogens is 232 g/mol. The number of fused-ring (bicyclic) bond motifs is 1. The highest BCUT2D eigenvalue weighted by molar-refractivity contribution is 5.24. The highest BCUT2D eigenvalue weighted by Gasteiger charge is 2.20. The number of benzene rings is 1. The fourth-order valence-electron chi connectivity index (χ4n) is 2.88. The second kappa shape index (κ2) is 5.54. The molecule has 0 radical (unpaired) electrons. The van der Waals surface area contributed by atoms with Crippen molar-refractivity contribution in [2.24, 2.45) is 0 Å². The van der Waals surface area contributed by atoms with Gasteiger partial charge in [0.1, 0.15) is 0 Å². The van der Waals surface area contributed by atoms with Gasteiger partial charge >= 0.3 is 0 Å². The van der Waals surface area contributed by atoms with E-state index >= 15 is 0 Å². The summed E-state index contributed by atoms with van der Waals surface area (Å²) in [5.41, 5.74) is 4.05. The lowest BCUT2D eigenvalue weighted by atomic mass is 9.91. The van der Waals surface area contributed by atoms with Gasteiger partial charge in [-0.2, -0.15) is 0 Å². The number of aryl methyl sites for hydroxylation is 1. The van der Waals surface area contributed by atoms with Crippen LogP contribution < -0.4 is 5.32 Å². The monoisotopic (exact) mass is 252 g/mol. The molecule has 1 aromatic carbocycles. The lowest BCUT2D eigenvalue weighted by Gasteiger charge is -2.28. The summed E-state index contributed by atoms with van der Waals surface area (Å²) in [6.07, 6.45) is 5.30. The minimum absolute atomic E-state index is 0.400. The molecule has 0 fully saturated rings. The Morgan fingerprint density at radius 1 is 1.16 bits per heavy atom.